The highest BCUT2D eigenvalue weighted by molar-refractivity contribution is 7.21. The zero-order chi connectivity index (χ0) is 20.9. The van der Waals surface area contributed by atoms with Crippen LogP contribution in [0.4, 0.5) is 0 Å². The topological polar surface area (TPSA) is 91.5 Å². The van der Waals surface area contributed by atoms with Crippen LogP contribution in [0.3, 0.4) is 0 Å². The van der Waals surface area contributed by atoms with Crippen molar-refractivity contribution in [2.45, 2.75) is 39.8 Å². The third kappa shape index (κ3) is 6.05. The molecule has 3 aromatic rings. The van der Waals surface area contributed by atoms with Crippen LogP contribution in [0.1, 0.15) is 33.5 Å². The third-order valence-electron chi connectivity index (χ3n) is 3.84. The van der Waals surface area contributed by atoms with Crippen LogP contribution in [0.15, 0.2) is 45.8 Å². The van der Waals surface area contributed by atoms with Gasteiger partial charge >= 0.3 is 0 Å². The summed E-state index contributed by atoms with van der Waals surface area (Å²) in [7, 11) is 0. The highest BCUT2D eigenvalue weighted by Crippen LogP contribution is 2.31. The van der Waals surface area contributed by atoms with E-state index in [1.165, 1.54) is 0 Å². The maximum atomic E-state index is 12.0. The van der Waals surface area contributed by atoms with Gasteiger partial charge < -0.3 is 20.4 Å². The zero-order valence-electron chi connectivity index (χ0n) is 17.2. The monoisotopic (exact) mass is 413 g/mol. The Hall–Kier alpha value is -2.87. The first-order chi connectivity index (χ1) is 13.8. The highest BCUT2D eigenvalue weighted by Gasteiger charge is 2.14. The van der Waals surface area contributed by atoms with Gasteiger partial charge in [0.05, 0.1) is 16.8 Å². The van der Waals surface area contributed by atoms with Gasteiger partial charge in [-0.2, -0.15) is 0 Å². The molecule has 0 spiro atoms. The van der Waals surface area contributed by atoms with E-state index < -0.39 is 0 Å². The molecule has 8 heteroatoms. The number of para-hydroxylation sites is 1. The number of rotatable bonds is 6. The predicted octanol–water partition coefficient (Wildman–Crippen LogP) is 3.53. The number of amides is 1. The van der Waals surface area contributed by atoms with Crippen LogP contribution < -0.4 is 16.0 Å². The van der Waals surface area contributed by atoms with Crippen molar-refractivity contribution < 1.29 is 9.21 Å². The summed E-state index contributed by atoms with van der Waals surface area (Å²) in [6, 6.07) is 11.9. The summed E-state index contributed by atoms with van der Waals surface area (Å²) in [5.41, 5.74) is 0.697. The van der Waals surface area contributed by atoms with Gasteiger partial charge in [0.2, 0.25) is 5.91 Å². The molecule has 154 valence electrons. The molecule has 0 saturated carbocycles. The number of carbonyl (C=O) groups excluding carboxylic acids is 1. The number of aromatic nitrogens is 1. The van der Waals surface area contributed by atoms with E-state index in [9.17, 15) is 4.79 Å². The van der Waals surface area contributed by atoms with Crippen LogP contribution in [-0.2, 0) is 11.3 Å². The Labute approximate surface area is 174 Å². The Morgan fingerprint density at radius 3 is 2.69 bits per heavy atom. The number of hydrogen-bond donors (Lipinski definition) is 3. The van der Waals surface area contributed by atoms with Gasteiger partial charge in [-0.25, -0.2) is 9.98 Å². The van der Waals surface area contributed by atoms with Crippen molar-refractivity contribution in [3.8, 4) is 10.8 Å². The van der Waals surface area contributed by atoms with Crippen LogP contribution in [-0.4, -0.2) is 35.5 Å². The fraction of sp³-hybridized carbons (Fsp3) is 0.381. The number of guanidine groups is 1. The third-order valence-corrected chi connectivity index (χ3v) is 4.89. The predicted molar refractivity (Wildman–Crippen MR) is 118 cm³/mol. The summed E-state index contributed by atoms with van der Waals surface area (Å²) in [6.45, 7) is 9.01. The molecule has 2 heterocycles. The number of aliphatic imine (C=N–C) groups is 1. The van der Waals surface area contributed by atoms with Crippen molar-refractivity contribution >= 4 is 33.4 Å². The number of nitrogens with zero attached hydrogens (tertiary/aromatic N) is 2. The molecule has 0 aliphatic heterocycles. The van der Waals surface area contributed by atoms with Crippen LogP contribution >= 0.6 is 11.3 Å². The Bertz CT molecular complexity index is 967. The molecule has 2 aromatic heterocycles. The fourth-order valence-corrected chi connectivity index (χ4v) is 3.61. The van der Waals surface area contributed by atoms with Gasteiger partial charge in [-0.15, -0.1) is 11.3 Å². The second kappa shape index (κ2) is 9.09. The molecule has 1 aromatic carbocycles. The molecular formula is C21H27N5O2S. The molecular weight excluding hydrogens is 386 g/mol. The number of carbonyl (C=O) groups is 1. The summed E-state index contributed by atoms with van der Waals surface area (Å²) in [5, 5.41) is 10.1. The molecule has 3 rings (SSSR count). The number of thiazole rings is 1. The van der Waals surface area contributed by atoms with Crippen molar-refractivity contribution in [2.75, 3.05) is 13.1 Å². The molecule has 0 bridgehead atoms. The average molecular weight is 414 g/mol. The molecule has 29 heavy (non-hydrogen) atoms. The fourth-order valence-electron chi connectivity index (χ4n) is 2.69. The lowest BCUT2D eigenvalue weighted by molar-refractivity contribution is -0.121. The lowest BCUT2D eigenvalue weighted by atomic mass is 10.1. The van der Waals surface area contributed by atoms with E-state index in [4.69, 9.17) is 4.42 Å². The Balaban J connectivity index is 1.61. The standard InChI is InChI=1S/C21H27N5O2S/c1-5-22-20(24-13-18(27)26-21(2,3)4)23-12-14-10-11-16(28-14)19-25-15-8-6-7-9-17(15)29-19/h6-11H,5,12-13H2,1-4H3,(H,26,27)(H2,22,23,24). The summed E-state index contributed by atoms with van der Waals surface area (Å²) >= 11 is 1.61. The Kier molecular flexibility index (Phi) is 6.53. The normalized spacial score (nSPS) is 12.2. The average Bonchev–Trinajstić information content (AvgIpc) is 3.29. The van der Waals surface area contributed by atoms with Gasteiger partial charge in [0, 0.05) is 12.1 Å². The SMILES string of the molecule is CCNC(=NCC(=O)NC(C)(C)C)NCc1ccc(-c2nc3ccccc3s2)o1. The summed E-state index contributed by atoms with van der Waals surface area (Å²) in [5.74, 6) is 1.96. The molecule has 1 amide bonds. The lowest BCUT2D eigenvalue weighted by Gasteiger charge is -2.20. The minimum Gasteiger partial charge on any atom is -0.457 e. The smallest absolute Gasteiger partial charge is 0.242 e. The Morgan fingerprint density at radius 1 is 1.17 bits per heavy atom. The van der Waals surface area contributed by atoms with Gasteiger partial charge in [0.25, 0.3) is 0 Å². The van der Waals surface area contributed by atoms with E-state index in [0.717, 1.165) is 26.7 Å². The zero-order valence-corrected chi connectivity index (χ0v) is 18.0. The molecule has 0 fully saturated rings. The molecule has 3 N–H and O–H groups in total. The van der Waals surface area contributed by atoms with Crippen LogP contribution in [0.25, 0.3) is 21.0 Å². The van der Waals surface area contributed by atoms with Crippen molar-refractivity contribution in [1.82, 2.24) is 20.9 Å². The van der Waals surface area contributed by atoms with E-state index in [1.54, 1.807) is 11.3 Å². The van der Waals surface area contributed by atoms with Crippen LogP contribution in [0.2, 0.25) is 0 Å². The van der Waals surface area contributed by atoms with Gasteiger partial charge in [-0.1, -0.05) is 12.1 Å². The van der Waals surface area contributed by atoms with Crippen molar-refractivity contribution in [3.63, 3.8) is 0 Å². The minimum atomic E-state index is -0.274. The second-order valence-electron chi connectivity index (χ2n) is 7.60. The minimum absolute atomic E-state index is 0.0573. The molecule has 0 atom stereocenters. The molecule has 0 saturated heterocycles. The molecule has 0 radical (unpaired) electrons. The van der Waals surface area contributed by atoms with Crippen molar-refractivity contribution in [3.05, 3.63) is 42.2 Å². The van der Waals surface area contributed by atoms with Gasteiger partial charge in [-0.3, -0.25) is 4.79 Å². The Morgan fingerprint density at radius 2 is 1.97 bits per heavy atom. The maximum Gasteiger partial charge on any atom is 0.242 e. The molecule has 0 unspecified atom stereocenters. The number of hydrogen-bond acceptors (Lipinski definition) is 5. The quantitative estimate of drug-likeness (QED) is 0.425. The summed E-state index contributed by atoms with van der Waals surface area (Å²) in [6.07, 6.45) is 0. The molecule has 7 nitrogen and oxygen atoms in total. The number of furan rings is 1. The van der Waals surface area contributed by atoms with Gasteiger partial charge in [-0.05, 0) is 52.0 Å². The summed E-state index contributed by atoms with van der Waals surface area (Å²) in [4.78, 5) is 20.9. The van der Waals surface area contributed by atoms with Crippen molar-refractivity contribution in [1.29, 1.82) is 0 Å². The second-order valence-corrected chi connectivity index (χ2v) is 8.63. The first kappa shape index (κ1) is 20.9. The number of nitrogens with one attached hydrogen (secondary N) is 3. The molecule has 0 aliphatic carbocycles. The van der Waals surface area contributed by atoms with E-state index in [0.29, 0.717) is 19.0 Å². The lowest BCUT2D eigenvalue weighted by Crippen LogP contribution is -2.43. The van der Waals surface area contributed by atoms with Gasteiger partial charge in [0.15, 0.2) is 16.7 Å². The van der Waals surface area contributed by atoms with E-state index in [-0.39, 0.29) is 18.0 Å². The van der Waals surface area contributed by atoms with E-state index in [1.807, 2.05) is 58.0 Å². The highest BCUT2D eigenvalue weighted by atomic mass is 32.1. The van der Waals surface area contributed by atoms with Gasteiger partial charge in [0.1, 0.15) is 12.3 Å². The maximum absolute atomic E-state index is 12.0. The first-order valence-electron chi connectivity index (χ1n) is 9.62. The van der Waals surface area contributed by atoms with Crippen molar-refractivity contribution in [2.24, 2.45) is 4.99 Å². The number of fused-ring (bicyclic) bond motifs is 1. The summed E-state index contributed by atoms with van der Waals surface area (Å²) < 4.78 is 7.08. The largest absolute Gasteiger partial charge is 0.457 e. The van der Waals surface area contributed by atoms with Crippen LogP contribution in [0.5, 0.6) is 0 Å². The van der Waals surface area contributed by atoms with Crippen LogP contribution in [0, 0.1) is 0 Å². The number of benzene rings is 1. The van der Waals surface area contributed by atoms with E-state index >= 15 is 0 Å². The first-order valence-corrected chi connectivity index (χ1v) is 10.4. The van der Waals surface area contributed by atoms with E-state index in [2.05, 4.69) is 32.0 Å². The molecule has 0 aliphatic rings.